The number of hydrogen-bond acceptors (Lipinski definition) is 3. The van der Waals surface area contributed by atoms with Crippen LogP contribution < -0.4 is 5.32 Å². The Balaban J connectivity index is 2.45. The highest BCUT2D eigenvalue weighted by Crippen LogP contribution is 2.19. The second-order valence-electron chi connectivity index (χ2n) is 4.64. The van der Waals surface area contributed by atoms with E-state index >= 15 is 0 Å². The summed E-state index contributed by atoms with van der Waals surface area (Å²) >= 11 is 0. The summed E-state index contributed by atoms with van der Waals surface area (Å²) in [6.07, 6.45) is 1.17. The summed E-state index contributed by atoms with van der Waals surface area (Å²) in [5.74, 6) is -0.0973. The lowest BCUT2D eigenvalue weighted by molar-refractivity contribution is -0.120. The lowest BCUT2D eigenvalue weighted by Gasteiger charge is -2.32. The van der Waals surface area contributed by atoms with Crippen LogP contribution in [0, 0.1) is 0 Å². The molecule has 92 valence electrons. The zero-order chi connectivity index (χ0) is 12.2. The number of allylic oxidation sites excluding steroid dienone is 1. The maximum Gasteiger partial charge on any atom is 0.246 e. The highest BCUT2D eigenvalue weighted by atomic mass is 16.5. The Labute approximate surface area is 96.7 Å². The molecule has 0 radical (unpaired) electrons. The summed E-state index contributed by atoms with van der Waals surface area (Å²) in [4.78, 5) is 11.7. The van der Waals surface area contributed by atoms with Gasteiger partial charge in [-0.3, -0.25) is 4.79 Å². The number of aliphatic hydroxyl groups is 1. The second kappa shape index (κ2) is 5.46. The van der Waals surface area contributed by atoms with Crippen LogP contribution in [0.5, 0.6) is 0 Å². The summed E-state index contributed by atoms with van der Waals surface area (Å²) < 4.78 is 5.18. The Hall–Kier alpha value is -0.870. The van der Waals surface area contributed by atoms with E-state index in [0.717, 1.165) is 11.1 Å². The van der Waals surface area contributed by atoms with Gasteiger partial charge in [-0.2, -0.15) is 0 Å². The third-order valence-corrected chi connectivity index (χ3v) is 3.09. The molecule has 0 bridgehead atoms. The molecule has 0 aromatic heterocycles. The molecule has 4 heteroatoms. The standard InChI is InChI=1S/C12H21NO3/c1-9(2)10(3)11(14)13-8-12(15)4-6-16-7-5-12/h15H,4-8H2,1-3H3,(H,13,14). The quantitative estimate of drug-likeness (QED) is 0.707. The van der Waals surface area contributed by atoms with Gasteiger partial charge in [0.2, 0.25) is 5.91 Å². The molecule has 16 heavy (non-hydrogen) atoms. The molecule has 1 fully saturated rings. The van der Waals surface area contributed by atoms with Crippen molar-refractivity contribution in [3.8, 4) is 0 Å². The molecule has 4 nitrogen and oxygen atoms in total. The molecule has 1 heterocycles. The fraction of sp³-hybridized carbons (Fsp3) is 0.750. The average Bonchev–Trinajstić information content (AvgIpc) is 2.26. The van der Waals surface area contributed by atoms with Crippen molar-refractivity contribution in [1.29, 1.82) is 0 Å². The number of rotatable bonds is 3. The van der Waals surface area contributed by atoms with E-state index in [2.05, 4.69) is 5.32 Å². The molecule has 1 aliphatic rings. The highest BCUT2D eigenvalue weighted by molar-refractivity contribution is 5.93. The first-order valence-electron chi connectivity index (χ1n) is 5.67. The average molecular weight is 227 g/mol. The van der Waals surface area contributed by atoms with Crippen LogP contribution >= 0.6 is 0 Å². The van der Waals surface area contributed by atoms with E-state index < -0.39 is 5.60 Å². The molecule has 0 aromatic rings. The molecule has 0 saturated carbocycles. The number of carbonyl (C=O) groups is 1. The molecule has 1 amide bonds. The molecule has 0 spiro atoms. The van der Waals surface area contributed by atoms with Gasteiger partial charge in [0, 0.05) is 38.2 Å². The van der Waals surface area contributed by atoms with Gasteiger partial charge in [-0.15, -0.1) is 0 Å². The lowest BCUT2D eigenvalue weighted by atomic mass is 9.94. The van der Waals surface area contributed by atoms with Gasteiger partial charge in [-0.25, -0.2) is 0 Å². The number of hydrogen-bond donors (Lipinski definition) is 2. The summed E-state index contributed by atoms with van der Waals surface area (Å²) in [6.45, 7) is 7.02. The molecule has 0 aliphatic carbocycles. The first kappa shape index (κ1) is 13.2. The minimum Gasteiger partial charge on any atom is -0.388 e. The molecule has 1 rings (SSSR count). The van der Waals surface area contributed by atoms with Crippen LogP contribution in [0.3, 0.4) is 0 Å². The largest absolute Gasteiger partial charge is 0.388 e. The van der Waals surface area contributed by atoms with Crippen molar-refractivity contribution in [2.75, 3.05) is 19.8 Å². The summed E-state index contributed by atoms with van der Waals surface area (Å²) in [7, 11) is 0. The van der Waals surface area contributed by atoms with E-state index in [1.807, 2.05) is 13.8 Å². The Kier molecular flexibility index (Phi) is 4.50. The zero-order valence-electron chi connectivity index (χ0n) is 10.3. The first-order valence-corrected chi connectivity index (χ1v) is 5.67. The zero-order valence-corrected chi connectivity index (χ0v) is 10.3. The van der Waals surface area contributed by atoms with E-state index in [4.69, 9.17) is 4.74 Å². The maximum absolute atomic E-state index is 11.7. The smallest absolute Gasteiger partial charge is 0.246 e. The number of ether oxygens (including phenoxy) is 1. The van der Waals surface area contributed by atoms with Gasteiger partial charge in [0.05, 0.1) is 5.60 Å². The van der Waals surface area contributed by atoms with Crippen molar-refractivity contribution in [2.45, 2.75) is 39.2 Å². The molecule has 0 unspecified atom stereocenters. The van der Waals surface area contributed by atoms with Crippen LogP contribution in [0.15, 0.2) is 11.1 Å². The van der Waals surface area contributed by atoms with E-state index in [-0.39, 0.29) is 5.91 Å². The molecule has 2 N–H and O–H groups in total. The molecular weight excluding hydrogens is 206 g/mol. The fourth-order valence-corrected chi connectivity index (χ4v) is 1.53. The van der Waals surface area contributed by atoms with Gasteiger partial charge < -0.3 is 15.2 Å². The van der Waals surface area contributed by atoms with Crippen LogP contribution in [0.1, 0.15) is 33.6 Å². The predicted molar refractivity (Wildman–Crippen MR) is 62.1 cm³/mol. The van der Waals surface area contributed by atoms with Gasteiger partial charge in [-0.05, 0) is 20.8 Å². The Morgan fingerprint density at radius 3 is 2.38 bits per heavy atom. The van der Waals surface area contributed by atoms with Crippen molar-refractivity contribution in [1.82, 2.24) is 5.32 Å². The van der Waals surface area contributed by atoms with Gasteiger partial charge in [0.15, 0.2) is 0 Å². The van der Waals surface area contributed by atoms with Crippen molar-refractivity contribution < 1.29 is 14.6 Å². The first-order chi connectivity index (χ1) is 7.44. The Bertz CT molecular complexity index is 287. The predicted octanol–water partition coefficient (Wildman–Crippen LogP) is 1.00. The topological polar surface area (TPSA) is 58.6 Å². The Morgan fingerprint density at radius 1 is 1.31 bits per heavy atom. The van der Waals surface area contributed by atoms with Crippen LogP contribution in [-0.2, 0) is 9.53 Å². The van der Waals surface area contributed by atoms with Crippen LogP contribution in [-0.4, -0.2) is 36.4 Å². The maximum atomic E-state index is 11.7. The van der Waals surface area contributed by atoms with Gasteiger partial charge in [0.25, 0.3) is 0 Å². The third-order valence-electron chi connectivity index (χ3n) is 3.09. The Morgan fingerprint density at radius 2 is 1.88 bits per heavy atom. The number of nitrogens with one attached hydrogen (secondary N) is 1. The highest BCUT2D eigenvalue weighted by Gasteiger charge is 2.30. The summed E-state index contributed by atoms with van der Waals surface area (Å²) in [6, 6.07) is 0. The van der Waals surface area contributed by atoms with Crippen molar-refractivity contribution >= 4 is 5.91 Å². The van der Waals surface area contributed by atoms with Gasteiger partial charge >= 0.3 is 0 Å². The van der Waals surface area contributed by atoms with Crippen LogP contribution in [0.4, 0.5) is 0 Å². The van der Waals surface area contributed by atoms with Crippen molar-refractivity contribution in [2.24, 2.45) is 0 Å². The van der Waals surface area contributed by atoms with E-state index in [1.54, 1.807) is 6.92 Å². The van der Waals surface area contributed by atoms with Crippen molar-refractivity contribution in [3.63, 3.8) is 0 Å². The molecule has 1 aliphatic heterocycles. The SMILES string of the molecule is CC(C)=C(C)C(=O)NCC1(O)CCOCC1. The monoisotopic (exact) mass is 227 g/mol. The third kappa shape index (κ3) is 3.61. The van der Waals surface area contributed by atoms with Crippen LogP contribution in [0.2, 0.25) is 0 Å². The van der Waals surface area contributed by atoms with Gasteiger partial charge in [-0.1, -0.05) is 5.57 Å². The molecule has 0 aromatic carbocycles. The molecule has 1 saturated heterocycles. The second-order valence-corrected chi connectivity index (χ2v) is 4.64. The molecular formula is C12H21NO3. The summed E-state index contributed by atoms with van der Waals surface area (Å²) in [5, 5.41) is 12.9. The number of amides is 1. The number of carbonyl (C=O) groups excluding carboxylic acids is 1. The van der Waals surface area contributed by atoms with Crippen LogP contribution in [0.25, 0.3) is 0 Å². The lowest BCUT2D eigenvalue weighted by Crippen LogP contribution is -2.46. The van der Waals surface area contributed by atoms with E-state index in [0.29, 0.717) is 32.6 Å². The van der Waals surface area contributed by atoms with E-state index in [1.165, 1.54) is 0 Å². The normalized spacial score (nSPS) is 19.0. The van der Waals surface area contributed by atoms with Gasteiger partial charge in [0.1, 0.15) is 0 Å². The minimum absolute atomic E-state index is 0.0973. The van der Waals surface area contributed by atoms with E-state index in [9.17, 15) is 9.90 Å². The summed E-state index contributed by atoms with van der Waals surface area (Å²) in [5.41, 5.74) is 0.919. The fourth-order valence-electron chi connectivity index (χ4n) is 1.53. The van der Waals surface area contributed by atoms with Crippen molar-refractivity contribution in [3.05, 3.63) is 11.1 Å². The minimum atomic E-state index is -0.796. The molecule has 0 atom stereocenters.